The highest BCUT2D eigenvalue weighted by Crippen LogP contribution is 2.24. The summed E-state index contributed by atoms with van der Waals surface area (Å²) in [6, 6.07) is 6.52. The molecule has 0 amide bonds. The Balaban J connectivity index is 2.78. The molecule has 0 fully saturated rings. The molecule has 0 heterocycles. The van der Waals surface area contributed by atoms with Gasteiger partial charge in [0.25, 0.3) is 0 Å². The van der Waals surface area contributed by atoms with Crippen LogP contribution in [0.2, 0.25) is 0 Å². The largest absolute Gasteiger partial charge is 0.126 e. The van der Waals surface area contributed by atoms with Crippen LogP contribution in [0.15, 0.2) is 23.1 Å². The molecule has 0 nitrogen and oxygen atoms in total. The normalized spacial score (nSPS) is 10.2. The van der Waals surface area contributed by atoms with E-state index >= 15 is 0 Å². The third kappa shape index (κ3) is 2.28. The monoisotopic (exact) mass is 180 g/mol. The number of aryl methyl sites for hydroxylation is 1. The number of benzene rings is 1. The average Bonchev–Trinajstić information content (AvgIpc) is 2.08. The Hall–Kier alpha value is -0.430. The van der Waals surface area contributed by atoms with E-state index in [-0.39, 0.29) is 0 Å². The summed E-state index contributed by atoms with van der Waals surface area (Å²) < 4.78 is 0. The zero-order chi connectivity index (χ0) is 8.97. The molecule has 66 valence electrons. The third-order valence-electron chi connectivity index (χ3n) is 2.02. The van der Waals surface area contributed by atoms with Crippen molar-refractivity contribution < 1.29 is 0 Å². The highest BCUT2D eigenvalue weighted by molar-refractivity contribution is 7.99. The van der Waals surface area contributed by atoms with Gasteiger partial charge in [-0.25, -0.2) is 0 Å². The van der Waals surface area contributed by atoms with E-state index in [0.717, 1.165) is 0 Å². The van der Waals surface area contributed by atoms with Crippen LogP contribution in [0.5, 0.6) is 0 Å². The molecule has 0 unspecified atom stereocenters. The van der Waals surface area contributed by atoms with Crippen LogP contribution in [0.3, 0.4) is 0 Å². The van der Waals surface area contributed by atoms with Gasteiger partial charge in [0.1, 0.15) is 0 Å². The average molecular weight is 180 g/mol. The van der Waals surface area contributed by atoms with E-state index in [4.69, 9.17) is 0 Å². The first-order chi connectivity index (χ1) is 5.75. The SMILES string of the molecule is CCCSc1cccc(C)c1C. The molecule has 0 radical (unpaired) electrons. The van der Waals surface area contributed by atoms with Crippen LogP contribution in [0.4, 0.5) is 0 Å². The second-order valence-electron chi connectivity index (χ2n) is 3.05. The van der Waals surface area contributed by atoms with Crippen LogP contribution < -0.4 is 0 Å². The fourth-order valence-electron chi connectivity index (χ4n) is 1.09. The van der Waals surface area contributed by atoms with Crippen molar-refractivity contribution in [2.75, 3.05) is 5.75 Å². The summed E-state index contributed by atoms with van der Waals surface area (Å²) >= 11 is 1.96. The van der Waals surface area contributed by atoms with E-state index in [2.05, 4.69) is 39.0 Å². The Morgan fingerprint density at radius 3 is 2.67 bits per heavy atom. The fourth-order valence-corrected chi connectivity index (χ4v) is 2.07. The molecule has 0 bridgehead atoms. The third-order valence-corrected chi connectivity index (χ3v) is 3.38. The van der Waals surface area contributed by atoms with Gasteiger partial charge in [0.2, 0.25) is 0 Å². The molecule has 1 aromatic carbocycles. The highest BCUT2D eigenvalue weighted by Gasteiger charge is 1.99. The summed E-state index contributed by atoms with van der Waals surface area (Å²) in [5.41, 5.74) is 2.84. The summed E-state index contributed by atoms with van der Waals surface area (Å²) in [5.74, 6) is 1.23. The molecule has 0 N–H and O–H groups in total. The van der Waals surface area contributed by atoms with Gasteiger partial charge in [-0.15, -0.1) is 11.8 Å². The van der Waals surface area contributed by atoms with Gasteiger partial charge in [0.05, 0.1) is 0 Å². The zero-order valence-corrected chi connectivity index (χ0v) is 8.87. The minimum Gasteiger partial charge on any atom is -0.126 e. The molecule has 12 heavy (non-hydrogen) atoms. The lowest BCUT2D eigenvalue weighted by Crippen LogP contribution is -1.85. The van der Waals surface area contributed by atoms with Crippen molar-refractivity contribution in [3.8, 4) is 0 Å². The van der Waals surface area contributed by atoms with Gasteiger partial charge < -0.3 is 0 Å². The maximum Gasteiger partial charge on any atom is 0.0104 e. The Morgan fingerprint density at radius 2 is 2.00 bits per heavy atom. The zero-order valence-electron chi connectivity index (χ0n) is 8.05. The molecule has 0 atom stereocenters. The van der Waals surface area contributed by atoms with E-state index in [1.807, 2.05) is 11.8 Å². The summed E-state index contributed by atoms with van der Waals surface area (Å²) in [6.07, 6.45) is 1.25. The van der Waals surface area contributed by atoms with Crippen LogP contribution in [0, 0.1) is 13.8 Å². The molecule has 1 heteroatoms. The quantitative estimate of drug-likeness (QED) is 0.637. The lowest BCUT2D eigenvalue weighted by atomic mass is 10.1. The summed E-state index contributed by atoms with van der Waals surface area (Å²) in [7, 11) is 0. The molecule has 0 saturated heterocycles. The van der Waals surface area contributed by atoms with Gasteiger partial charge in [-0.2, -0.15) is 0 Å². The highest BCUT2D eigenvalue weighted by atomic mass is 32.2. The molecule has 0 saturated carbocycles. The number of hydrogen-bond donors (Lipinski definition) is 0. The maximum atomic E-state index is 2.22. The lowest BCUT2D eigenvalue weighted by molar-refractivity contribution is 1.10. The summed E-state index contributed by atoms with van der Waals surface area (Å²) in [5, 5.41) is 0. The fraction of sp³-hybridized carbons (Fsp3) is 0.455. The topological polar surface area (TPSA) is 0 Å². The van der Waals surface area contributed by atoms with Crippen LogP contribution in [-0.2, 0) is 0 Å². The van der Waals surface area contributed by atoms with Gasteiger partial charge in [0.15, 0.2) is 0 Å². The molecule has 0 aliphatic heterocycles. The van der Waals surface area contributed by atoms with E-state index in [9.17, 15) is 0 Å². The molecular formula is C11H16S. The maximum absolute atomic E-state index is 2.22. The van der Waals surface area contributed by atoms with Crippen molar-refractivity contribution in [3.63, 3.8) is 0 Å². The first-order valence-electron chi connectivity index (χ1n) is 4.44. The Kier molecular flexibility index (Phi) is 3.67. The van der Waals surface area contributed by atoms with Gasteiger partial charge in [0, 0.05) is 4.90 Å². The Morgan fingerprint density at radius 1 is 1.25 bits per heavy atom. The second kappa shape index (κ2) is 4.56. The van der Waals surface area contributed by atoms with Crippen molar-refractivity contribution in [1.82, 2.24) is 0 Å². The molecule has 1 aromatic rings. The van der Waals surface area contributed by atoms with Crippen molar-refractivity contribution >= 4 is 11.8 Å². The van der Waals surface area contributed by atoms with Crippen molar-refractivity contribution in [2.24, 2.45) is 0 Å². The van der Waals surface area contributed by atoms with Crippen molar-refractivity contribution in [2.45, 2.75) is 32.1 Å². The number of hydrogen-bond acceptors (Lipinski definition) is 1. The Labute approximate surface area is 79.4 Å². The first-order valence-corrected chi connectivity index (χ1v) is 5.43. The summed E-state index contributed by atoms with van der Waals surface area (Å²) in [6.45, 7) is 6.59. The second-order valence-corrected chi connectivity index (χ2v) is 4.18. The van der Waals surface area contributed by atoms with E-state index in [1.165, 1.54) is 28.2 Å². The van der Waals surface area contributed by atoms with Crippen molar-refractivity contribution in [3.05, 3.63) is 29.3 Å². The van der Waals surface area contributed by atoms with Crippen LogP contribution in [-0.4, -0.2) is 5.75 Å². The molecule has 0 aliphatic carbocycles. The van der Waals surface area contributed by atoms with Crippen LogP contribution in [0.25, 0.3) is 0 Å². The minimum atomic E-state index is 1.23. The van der Waals surface area contributed by atoms with E-state index < -0.39 is 0 Å². The summed E-state index contributed by atoms with van der Waals surface area (Å²) in [4.78, 5) is 1.44. The van der Waals surface area contributed by atoms with Gasteiger partial charge in [-0.1, -0.05) is 19.1 Å². The van der Waals surface area contributed by atoms with Crippen LogP contribution >= 0.6 is 11.8 Å². The van der Waals surface area contributed by atoms with Crippen LogP contribution in [0.1, 0.15) is 24.5 Å². The number of thioether (sulfide) groups is 1. The van der Waals surface area contributed by atoms with E-state index in [1.54, 1.807) is 0 Å². The van der Waals surface area contributed by atoms with Gasteiger partial charge >= 0.3 is 0 Å². The molecular weight excluding hydrogens is 164 g/mol. The minimum absolute atomic E-state index is 1.23. The Bertz CT molecular complexity index is 253. The lowest BCUT2D eigenvalue weighted by Gasteiger charge is -2.06. The predicted molar refractivity (Wildman–Crippen MR) is 56.9 cm³/mol. The van der Waals surface area contributed by atoms with Gasteiger partial charge in [-0.05, 0) is 43.2 Å². The molecule has 0 aliphatic rings. The number of rotatable bonds is 3. The van der Waals surface area contributed by atoms with Gasteiger partial charge in [-0.3, -0.25) is 0 Å². The molecule has 0 spiro atoms. The van der Waals surface area contributed by atoms with Crippen molar-refractivity contribution in [1.29, 1.82) is 0 Å². The first kappa shape index (κ1) is 9.66. The molecule has 0 aromatic heterocycles. The van der Waals surface area contributed by atoms with E-state index in [0.29, 0.717) is 0 Å². The smallest absolute Gasteiger partial charge is 0.0104 e. The molecule has 1 rings (SSSR count). The standard InChI is InChI=1S/C11H16S/c1-4-8-12-11-7-5-6-9(2)10(11)3/h5-7H,4,8H2,1-3H3. The predicted octanol–water partition coefficient (Wildman–Crippen LogP) is 3.81.